The Morgan fingerprint density at radius 3 is 2.25 bits per heavy atom. The first-order valence-corrected chi connectivity index (χ1v) is 5.17. The summed E-state index contributed by atoms with van der Waals surface area (Å²) in [6, 6.07) is 2.69. The van der Waals surface area contributed by atoms with Crippen LogP contribution in [-0.4, -0.2) is 18.3 Å². The molecule has 0 heterocycles. The Morgan fingerprint density at radius 2 is 1.81 bits per heavy atom. The lowest BCUT2D eigenvalue weighted by atomic mass is 10.1. The lowest BCUT2D eigenvalue weighted by molar-refractivity contribution is 0.190. The minimum atomic E-state index is -0.875. The van der Waals surface area contributed by atoms with Gasteiger partial charge in [-0.15, -0.1) is 0 Å². The molecule has 1 aromatic carbocycles. The van der Waals surface area contributed by atoms with Crippen LogP contribution >= 0.6 is 0 Å². The van der Waals surface area contributed by atoms with Gasteiger partial charge in [0, 0.05) is 11.6 Å². The second-order valence-corrected chi connectivity index (χ2v) is 3.87. The molecule has 0 aliphatic rings. The Kier molecular flexibility index (Phi) is 4.12. The maximum atomic E-state index is 13.5. The number of benzene rings is 1. The number of aliphatic hydroxyl groups excluding tert-OH is 1. The standard InChI is InChI=1S/C12H17FO3/c1-7(2)16-12-5-9(8(3)14)10(13)6-11(12)15-4/h5-8,14H,1-4H3. The van der Waals surface area contributed by atoms with Gasteiger partial charge < -0.3 is 14.6 Å². The first-order valence-electron chi connectivity index (χ1n) is 5.17. The summed E-state index contributed by atoms with van der Waals surface area (Å²) in [6.07, 6.45) is -0.915. The zero-order chi connectivity index (χ0) is 12.3. The predicted molar refractivity (Wildman–Crippen MR) is 59.3 cm³/mol. The first kappa shape index (κ1) is 12.8. The van der Waals surface area contributed by atoms with Crippen molar-refractivity contribution in [1.29, 1.82) is 0 Å². The summed E-state index contributed by atoms with van der Waals surface area (Å²) in [7, 11) is 1.45. The van der Waals surface area contributed by atoms with E-state index in [1.165, 1.54) is 26.2 Å². The van der Waals surface area contributed by atoms with Gasteiger partial charge in [-0.3, -0.25) is 0 Å². The topological polar surface area (TPSA) is 38.7 Å². The van der Waals surface area contributed by atoms with Gasteiger partial charge in [-0.05, 0) is 26.8 Å². The van der Waals surface area contributed by atoms with Crippen LogP contribution in [0.5, 0.6) is 11.5 Å². The lowest BCUT2D eigenvalue weighted by Gasteiger charge is -2.16. The summed E-state index contributed by atoms with van der Waals surface area (Å²) in [5.41, 5.74) is 0.205. The number of hydrogen-bond donors (Lipinski definition) is 1. The van der Waals surface area contributed by atoms with E-state index in [0.717, 1.165) is 0 Å². The molecule has 0 aromatic heterocycles. The molecular formula is C12H17FO3. The van der Waals surface area contributed by atoms with Gasteiger partial charge in [0.1, 0.15) is 5.82 Å². The number of halogens is 1. The van der Waals surface area contributed by atoms with Crippen molar-refractivity contribution in [2.75, 3.05) is 7.11 Å². The number of ether oxygens (including phenoxy) is 2. The largest absolute Gasteiger partial charge is 0.493 e. The van der Waals surface area contributed by atoms with Crippen LogP contribution in [0.4, 0.5) is 4.39 Å². The predicted octanol–water partition coefficient (Wildman–Crippen LogP) is 2.67. The third-order valence-corrected chi connectivity index (χ3v) is 2.10. The number of rotatable bonds is 4. The van der Waals surface area contributed by atoms with Crippen molar-refractivity contribution in [2.24, 2.45) is 0 Å². The van der Waals surface area contributed by atoms with E-state index in [1.807, 2.05) is 13.8 Å². The number of methoxy groups -OCH3 is 1. The summed E-state index contributed by atoms with van der Waals surface area (Å²) >= 11 is 0. The fourth-order valence-corrected chi connectivity index (χ4v) is 1.38. The second kappa shape index (κ2) is 5.16. The van der Waals surface area contributed by atoms with Crippen molar-refractivity contribution < 1.29 is 19.0 Å². The van der Waals surface area contributed by atoms with Crippen LogP contribution in [0, 0.1) is 5.82 Å². The molecule has 0 amide bonds. The molecule has 0 fully saturated rings. The minimum absolute atomic E-state index is 0.0405. The highest BCUT2D eigenvalue weighted by atomic mass is 19.1. The highest BCUT2D eigenvalue weighted by Gasteiger charge is 2.15. The molecule has 0 saturated heterocycles. The van der Waals surface area contributed by atoms with Gasteiger partial charge in [0.15, 0.2) is 11.5 Å². The maximum Gasteiger partial charge on any atom is 0.163 e. The van der Waals surface area contributed by atoms with E-state index in [0.29, 0.717) is 11.5 Å². The molecule has 0 bridgehead atoms. The van der Waals surface area contributed by atoms with Crippen molar-refractivity contribution in [3.05, 3.63) is 23.5 Å². The summed E-state index contributed by atoms with van der Waals surface area (Å²) in [5.74, 6) is 0.272. The van der Waals surface area contributed by atoms with Crippen LogP contribution < -0.4 is 9.47 Å². The SMILES string of the molecule is COc1cc(F)c(C(C)O)cc1OC(C)C. The third kappa shape index (κ3) is 2.85. The highest BCUT2D eigenvalue weighted by molar-refractivity contribution is 5.44. The van der Waals surface area contributed by atoms with Gasteiger partial charge in [0.25, 0.3) is 0 Å². The van der Waals surface area contributed by atoms with Gasteiger partial charge in [-0.1, -0.05) is 0 Å². The maximum absolute atomic E-state index is 13.5. The Bertz CT molecular complexity index is 362. The molecule has 4 heteroatoms. The molecule has 0 aliphatic heterocycles. The Morgan fingerprint density at radius 1 is 1.19 bits per heavy atom. The third-order valence-electron chi connectivity index (χ3n) is 2.10. The average molecular weight is 228 g/mol. The van der Waals surface area contributed by atoms with Crippen LogP contribution in [0.15, 0.2) is 12.1 Å². The summed E-state index contributed by atoms with van der Waals surface area (Å²) in [5, 5.41) is 9.39. The highest BCUT2D eigenvalue weighted by Crippen LogP contribution is 2.33. The molecule has 0 spiro atoms. The molecule has 0 radical (unpaired) electrons. The van der Waals surface area contributed by atoms with Gasteiger partial charge in [0.2, 0.25) is 0 Å². The van der Waals surface area contributed by atoms with E-state index in [9.17, 15) is 9.50 Å². The summed E-state index contributed by atoms with van der Waals surface area (Å²) in [6.45, 7) is 5.24. The van der Waals surface area contributed by atoms with E-state index in [-0.39, 0.29) is 11.7 Å². The molecule has 1 aromatic rings. The Hall–Kier alpha value is -1.29. The molecule has 16 heavy (non-hydrogen) atoms. The first-order chi connectivity index (χ1) is 7.45. The van der Waals surface area contributed by atoms with E-state index < -0.39 is 11.9 Å². The smallest absolute Gasteiger partial charge is 0.163 e. The van der Waals surface area contributed by atoms with Crippen molar-refractivity contribution in [2.45, 2.75) is 33.0 Å². The molecular weight excluding hydrogens is 211 g/mol. The zero-order valence-electron chi connectivity index (χ0n) is 9.95. The molecule has 0 saturated carbocycles. The Labute approximate surface area is 94.8 Å². The average Bonchev–Trinajstić information content (AvgIpc) is 2.18. The fraction of sp³-hybridized carbons (Fsp3) is 0.500. The van der Waals surface area contributed by atoms with Crippen molar-refractivity contribution in [3.8, 4) is 11.5 Å². The molecule has 1 unspecified atom stereocenters. The number of aliphatic hydroxyl groups is 1. The van der Waals surface area contributed by atoms with Crippen molar-refractivity contribution in [3.63, 3.8) is 0 Å². The van der Waals surface area contributed by atoms with Gasteiger partial charge in [-0.25, -0.2) is 4.39 Å². The monoisotopic (exact) mass is 228 g/mol. The molecule has 1 atom stereocenters. The van der Waals surface area contributed by atoms with E-state index in [2.05, 4.69) is 0 Å². The van der Waals surface area contributed by atoms with E-state index in [1.54, 1.807) is 0 Å². The second-order valence-electron chi connectivity index (χ2n) is 3.87. The van der Waals surface area contributed by atoms with Crippen molar-refractivity contribution >= 4 is 0 Å². The normalized spacial score (nSPS) is 12.7. The van der Waals surface area contributed by atoms with Gasteiger partial charge in [0.05, 0.1) is 19.3 Å². The number of hydrogen-bond acceptors (Lipinski definition) is 3. The lowest BCUT2D eigenvalue weighted by Crippen LogP contribution is -2.08. The molecule has 3 nitrogen and oxygen atoms in total. The summed E-state index contributed by atoms with van der Waals surface area (Å²) in [4.78, 5) is 0. The van der Waals surface area contributed by atoms with Crippen molar-refractivity contribution in [1.82, 2.24) is 0 Å². The summed E-state index contributed by atoms with van der Waals surface area (Å²) < 4.78 is 24.0. The van der Waals surface area contributed by atoms with Crippen LogP contribution in [0.1, 0.15) is 32.4 Å². The molecule has 1 rings (SSSR count). The van der Waals surface area contributed by atoms with Gasteiger partial charge in [-0.2, -0.15) is 0 Å². The molecule has 0 aliphatic carbocycles. The molecule has 90 valence electrons. The van der Waals surface area contributed by atoms with E-state index >= 15 is 0 Å². The van der Waals surface area contributed by atoms with Crippen LogP contribution in [0.2, 0.25) is 0 Å². The zero-order valence-corrected chi connectivity index (χ0v) is 9.95. The quantitative estimate of drug-likeness (QED) is 0.861. The van der Waals surface area contributed by atoms with Gasteiger partial charge >= 0.3 is 0 Å². The van der Waals surface area contributed by atoms with E-state index in [4.69, 9.17) is 9.47 Å². The Balaban J connectivity index is 3.17. The van der Waals surface area contributed by atoms with Crippen LogP contribution in [0.3, 0.4) is 0 Å². The minimum Gasteiger partial charge on any atom is -0.493 e. The van der Waals surface area contributed by atoms with Crippen LogP contribution in [-0.2, 0) is 0 Å². The fourth-order valence-electron chi connectivity index (χ4n) is 1.38. The molecule has 1 N–H and O–H groups in total. The van der Waals surface area contributed by atoms with Crippen LogP contribution in [0.25, 0.3) is 0 Å².